The standard InChI is InChI=1S/C32H52O5SSi2/c1-12-22(14-13-15-28(33)34)23-18-25(38-21-23)20-35-24-16-17-26(29(31(2,3)4)36-39(8)9)27(19-24)30(32(5,6)7)37-40(10)11/h14,16-19,21,29-30,39-40H,12-13,15,20H2,1-11H3,(H,33,34). The molecule has 8 heteroatoms. The summed E-state index contributed by atoms with van der Waals surface area (Å²) in [5.74, 6) is 0.0668. The molecule has 0 aliphatic rings. The Morgan fingerprint density at radius 1 is 0.950 bits per heavy atom. The molecule has 0 amide bonds. The average Bonchev–Trinajstić information content (AvgIpc) is 3.29. The van der Waals surface area contributed by atoms with E-state index in [-0.39, 0.29) is 29.5 Å². The number of hydrogen-bond donors (Lipinski definition) is 1. The molecule has 1 aromatic carbocycles. The second-order valence-corrected chi connectivity index (χ2v) is 19.0. The highest BCUT2D eigenvalue weighted by Crippen LogP contribution is 2.46. The van der Waals surface area contributed by atoms with Crippen molar-refractivity contribution in [3.8, 4) is 5.75 Å². The average molecular weight is 605 g/mol. The van der Waals surface area contributed by atoms with Crippen molar-refractivity contribution in [1.82, 2.24) is 0 Å². The number of rotatable bonds is 14. The minimum atomic E-state index is -1.34. The van der Waals surface area contributed by atoms with Gasteiger partial charge in [-0.3, -0.25) is 4.79 Å². The molecule has 40 heavy (non-hydrogen) atoms. The Kier molecular flexibility index (Phi) is 12.9. The lowest BCUT2D eigenvalue weighted by atomic mass is 9.77. The molecule has 2 atom stereocenters. The minimum absolute atomic E-state index is 0.0225. The molecule has 0 aliphatic carbocycles. The Balaban J connectivity index is 2.42. The van der Waals surface area contributed by atoms with E-state index in [2.05, 4.69) is 104 Å². The summed E-state index contributed by atoms with van der Waals surface area (Å²) in [7, 11) is -2.64. The Morgan fingerprint density at radius 3 is 2.02 bits per heavy atom. The Bertz CT molecular complexity index is 1130. The molecule has 2 rings (SSSR count). The van der Waals surface area contributed by atoms with Crippen molar-refractivity contribution >= 4 is 41.0 Å². The number of allylic oxidation sites excluding steroid dienone is 2. The van der Waals surface area contributed by atoms with Crippen molar-refractivity contribution in [2.24, 2.45) is 10.8 Å². The maximum absolute atomic E-state index is 10.9. The van der Waals surface area contributed by atoms with Crippen LogP contribution >= 0.6 is 11.3 Å². The summed E-state index contributed by atoms with van der Waals surface area (Å²) in [6.45, 7) is 25.0. The molecule has 2 aromatic rings. The van der Waals surface area contributed by atoms with Gasteiger partial charge in [-0.25, -0.2) is 0 Å². The van der Waals surface area contributed by atoms with E-state index in [4.69, 9.17) is 18.7 Å². The van der Waals surface area contributed by atoms with Gasteiger partial charge in [-0.1, -0.05) is 60.6 Å². The molecule has 0 radical (unpaired) electrons. The number of hydrogen-bond acceptors (Lipinski definition) is 5. The van der Waals surface area contributed by atoms with Gasteiger partial charge in [0.05, 0.1) is 12.2 Å². The zero-order chi connectivity index (χ0) is 30.3. The van der Waals surface area contributed by atoms with Crippen LogP contribution in [-0.2, 0) is 20.3 Å². The lowest BCUT2D eigenvalue weighted by Crippen LogP contribution is -2.31. The van der Waals surface area contributed by atoms with E-state index < -0.39 is 24.0 Å². The van der Waals surface area contributed by atoms with Crippen LogP contribution in [0.25, 0.3) is 5.57 Å². The van der Waals surface area contributed by atoms with Crippen LogP contribution in [0.3, 0.4) is 0 Å². The molecular weight excluding hydrogens is 553 g/mol. The number of aliphatic carboxylic acids is 1. The fraction of sp³-hybridized carbons (Fsp3) is 0.594. The largest absolute Gasteiger partial charge is 0.488 e. The first kappa shape index (κ1) is 34.5. The van der Waals surface area contributed by atoms with Gasteiger partial charge < -0.3 is 18.7 Å². The fourth-order valence-corrected chi connectivity index (χ4v) is 7.77. The van der Waals surface area contributed by atoms with Crippen LogP contribution in [0.2, 0.25) is 26.2 Å². The van der Waals surface area contributed by atoms with Crippen LogP contribution in [0.1, 0.15) is 102 Å². The van der Waals surface area contributed by atoms with Crippen molar-refractivity contribution in [1.29, 1.82) is 0 Å². The van der Waals surface area contributed by atoms with Gasteiger partial charge in [0.25, 0.3) is 0 Å². The maximum Gasteiger partial charge on any atom is 0.303 e. The first-order chi connectivity index (χ1) is 18.5. The maximum atomic E-state index is 10.9. The number of benzene rings is 1. The van der Waals surface area contributed by atoms with Crippen molar-refractivity contribution in [3.05, 3.63) is 57.3 Å². The number of carboxylic acid groups (broad SMARTS) is 1. The highest BCUT2D eigenvalue weighted by molar-refractivity contribution is 7.10. The summed E-state index contributed by atoms with van der Waals surface area (Å²) in [5, 5.41) is 11.1. The summed E-state index contributed by atoms with van der Waals surface area (Å²) >= 11 is 1.68. The molecule has 5 nitrogen and oxygen atoms in total. The summed E-state index contributed by atoms with van der Waals surface area (Å²) < 4.78 is 19.8. The molecule has 0 fully saturated rings. The SMILES string of the molecule is CCC(=CCCC(=O)O)c1csc(COc2ccc(C(O[SiH](C)C)C(C)(C)C)c(C(O[SiH](C)C)C(C)(C)C)c2)c1. The first-order valence-electron chi connectivity index (χ1n) is 14.6. The second kappa shape index (κ2) is 15.0. The molecule has 0 saturated carbocycles. The molecule has 224 valence electrons. The van der Waals surface area contributed by atoms with Gasteiger partial charge in [0.15, 0.2) is 18.1 Å². The van der Waals surface area contributed by atoms with Gasteiger partial charge >= 0.3 is 5.97 Å². The van der Waals surface area contributed by atoms with Crippen molar-refractivity contribution in [2.75, 3.05) is 0 Å². The fourth-order valence-electron chi connectivity index (χ4n) is 4.76. The first-order valence-corrected chi connectivity index (χ1v) is 21.0. The number of thiophene rings is 1. The van der Waals surface area contributed by atoms with Crippen molar-refractivity contribution in [3.63, 3.8) is 0 Å². The Labute approximate surface area is 250 Å². The highest BCUT2D eigenvalue weighted by atomic mass is 32.1. The van der Waals surface area contributed by atoms with Crippen molar-refractivity contribution < 1.29 is 23.5 Å². The lowest BCUT2D eigenvalue weighted by Gasteiger charge is -2.39. The third-order valence-corrected chi connectivity index (χ3v) is 9.09. The van der Waals surface area contributed by atoms with Crippen LogP contribution in [0, 0.1) is 10.8 Å². The monoisotopic (exact) mass is 604 g/mol. The lowest BCUT2D eigenvalue weighted by molar-refractivity contribution is -0.136. The molecule has 1 heterocycles. The predicted octanol–water partition coefficient (Wildman–Crippen LogP) is 9.16. The summed E-state index contributed by atoms with van der Waals surface area (Å²) in [4.78, 5) is 12.0. The quantitative estimate of drug-likeness (QED) is 0.218. The molecule has 0 spiro atoms. The Hall–Kier alpha value is -1.72. The molecule has 1 aromatic heterocycles. The number of carboxylic acids is 1. The summed E-state index contributed by atoms with van der Waals surface area (Å²) in [6, 6.07) is 8.62. The van der Waals surface area contributed by atoms with E-state index in [0.717, 1.165) is 22.6 Å². The molecule has 0 bridgehead atoms. The van der Waals surface area contributed by atoms with Crippen LogP contribution in [0.5, 0.6) is 5.75 Å². The predicted molar refractivity (Wildman–Crippen MR) is 175 cm³/mol. The zero-order valence-electron chi connectivity index (χ0n) is 26.6. The van der Waals surface area contributed by atoms with Gasteiger partial charge in [-0.2, -0.15) is 0 Å². The van der Waals surface area contributed by atoms with E-state index in [1.807, 2.05) is 6.08 Å². The molecule has 0 saturated heterocycles. The Morgan fingerprint density at radius 2 is 1.52 bits per heavy atom. The third-order valence-electron chi connectivity index (χ3n) is 6.55. The zero-order valence-corrected chi connectivity index (χ0v) is 29.7. The molecule has 1 N–H and O–H groups in total. The van der Waals surface area contributed by atoms with E-state index in [0.29, 0.717) is 13.0 Å². The number of ether oxygens (including phenoxy) is 1. The van der Waals surface area contributed by atoms with Gasteiger partial charge in [0, 0.05) is 11.3 Å². The second-order valence-electron chi connectivity index (χ2n) is 13.3. The normalized spacial score (nSPS) is 14.6. The van der Waals surface area contributed by atoms with E-state index in [1.54, 1.807) is 11.3 Å². The highest BCUT2D eigenvalue weighted by Gasteiger charge is 2.36. The van der Waals surface area contributed by atoms with Crippen LogP contribution < -0.4 is 4.74 Å². The van der Waals surface area contributed by atoms with Gasteiger partial charge in [-0.05, 0) is 95.7 Å². The molecule has 2 unspecified atom stereocenters. The van der Waals surface area contributed by atoms with Crippen LogP contribution in [-0.4, -0.2) is 29.2 Å². The van der Waals surface area contributed by atoms with Crippen LogP contribution in [0.15, 0.2) is 35.7 Å². The molecular formula is C32H52O5SSi2. The van der Waals surface area contributed by atoms with Gasteiger partial charge in [-0.15, -0.1) is 11.3 Å². The summed E-state index contributed by atoms with van der Waals surface area (Å²) in [6.07, 6.45) is 3.53. The van der Waals surface area contributed by atoms with E-state index in [9.17, 15) is 4.79 Å². The third kappa shape index (κ3) is 10.6. The van der Waals surface area contributed by atoms with E-state index in [1.165, 1.54) is 16.7 Å². The smallest absolute Gasteiger partial charge is 0.303 e. The minimum Gasteiger partial charge on any atom is -0.488 e. The number of carbonyl (C=O) groups is 1. The summed E-state index contributed by atoms with van der Waals surface area (Å²) in [5.41, 5.74) is 4.55. The van der Waals surface area contributed by atoms with Crippen LogP contribution in [0.4, 0.5) is 0 Å². The topological polar surface area (TPSA) is 65.0 Å². The van der Waals surface area contributed by atoms with E-state index >= 15 is 0 Å². The van der Waals surface area contributed by atoms with Gasteiger partial charge in [0.1, 0.15) is 12.4 Å². The van der Waals surface area contributed by atoms with Crippen molar-refractivity contribution in [2.45, 2.75) is 113 Å². The van der Waals surface area contributed by atoms with Gasteiger partial charge in [0.2, 0.25) is 0 Å². The molecule has 0 aliphatic heterocycles.